The van der Waals surface area contributed by atoms with Crippen LogP contribution in [-0.4, -0.2) is 15.6 Å². The number of nitrogens with zero attached hydrogens (tertiary/aromatic N) is 2. The normalized spacial score (nSPS) is 11.8. The van der Waals surface area contributed by atoms with Crippen molar-refractivity contribution in [2.24, 2.45) is 0 Å². The van der Waals surface area contributed by atoms with Crippen LogP contribution in [0, 0.1) is 6.92 Å². The topological polar surface area (TPSA) is 34.9 Å². The smallest absolute Gasteiger partial charge is 0.291 e. The van der Waals surface area contributed by atoms with Crippen LogP contribution in [0.25, 0.3) is 0 Å². The molecule has 3 nitrogen and oxygen atoms in total. The number of alkyl halides is 3. The van der Waals surface area contributed by atoms with Crippen LogP contribution in [0.5, 0.6) is 0 Å². The van der Waals surface area contributed by atoms with Gasteiger partial charge in [-0.2, -0.15) is 18.3 Å². The van der Waals surface area contributed by atoms with E-state index in [-0.39, 0.29) is 12.3 Å². The van der Waals surface area contributed by atoms with Crippen molar-refractivity contribution in [3.8, 4) is 0 Å². The van der Waals surface area contributed by atoms with Crippen molar-refractivity contribution in [3.63, 3.8) is 0 Å². The van der Waals surface area contributed by atoms with E-state index in [1.165, 1.54) is 11.3 Å². The fourth-order valence-corrected chi connectivity index (χ4v) is 2.21. The molecule has 0 N–H and O–H groups in total. The van der Waals surface area contributed by atoms with Crippen LogP contribution in [0.1, 0.15) is 20.2 Å². The minimum absolute atomic E-state index is 0.184. The molecular formula is C11H9F3N2OS. The van der Waals surface area contributed by atoms with E-state index >= 15 is 0 Å². The van der Waals surface area contributed by atoms with Crippen LogP contribution in [0.3, 0.4) is 0 Å². The van der Waals surface area contributed by atoms with Crippen LogP contribution in [0.4, 0.5) is 13.2 Å². The Hall–Kier alpha value is -1.63. The van der Waals surface area contributed by atoms with E-state index in [0.29, 0.717) is 4.88 Å². The van der Waals surface area contributed by atoms with Gasteiger partial charge in [-0.25, -0.2) is 0 Å². The number of thiophene rings is 1. The molecule has 2 aromatic heterocycles. The first-order chi connectivity index (χ1) is 8.36. The Kier molecular flexibility index (Phi) is 3.25. The third kappa shape index (κ3) is 2.79. The lowest BCUT2D eigenvalue weighted by molar-refractivity contribution is -0.141. The van der Waals surface area contributed by atoms with Gasteiger partial charge in [-0.3, -0.25) is 9.48 Å². The van der Waals surface area contributed by atoms with Gasteiger partial charge < -0.3 is 0 Å². The fraction of sp³-hybridized carbons (Fsp3) is 0.273. The zero-order chi connectivity index (χ0) is 13.3. The lowest BCUT2D eigenvalue weighted by Crippen LogP contribution is -2.12. The Morgan fingerprint density at radius 3 is 2.61 bits per heavy atom. The zero-order valence-corrected chi connectivity index (χ0v) is 10.2. The van der Waals surface area contributed by atoms with Gasteiger partial charge in [0.05, 0.1) is 4.88 Å². The molecule has 2 rings (SSSR count). The Labute approximate surface area is 105 Å². The maximum atomic E-state index is 12.3. The van der Waals surface area contributed by atoms with Gasteiger partial charge in [-0.15, -0.1) is 11.3 Å². The second-order valence-electron chi connectivity index (χ2n) is 3.73. The molecule has 0 aromatic carbocycles. The number of aromatic nitrogens is 2. The summed E-state index contributed by atoms with van der Waals surface area (Å²) in [4.78, 5) is 13.3. The number of Topliss-reactive ketones (excluding diaryl/α,β-unsaturated/α-hetero) is 1. The first kappa shape index (κ1) is 12.8. The summed E-state index contributed by atoms with van der Waals surface area (Å²) in [6.07, 6.45) is -3.32. The van der Waals surface area contributed by atoms with Gasteiger partial charge in [-0.1, -0.05) is 0 Å². The largest absolute Gasteiger partial charge is 0.435 e. The quantitative estimate of drug-likeness (QED) is 0.806. The van der Waals surface area contributed by atoms with Crippen molar-refractivity contribution in [3.05, 3.63) is 39.8 Å². The van der Waals surface area contributed by atoms with Crippen molar-refractivity contribution in [2.75, 3.05) is 0 Å². The van der Waals surface area contributed by atoms with Crippen molar-refractivity contribution in [1.82, 2.24) is 9.78 Å². The minimum atomic E-state index is -4.48. The summed E-state index contributed by atoms with van der Waals surface area (Å²) in [5.74, 6) is -0.245. The molecule has 0 fully saturated rings. The summed E-state index contributed by atoms with van der Waals surface area (Å²) in [6, 6.07) is 4.31. The molecule has 0 saturated heterocycles. The van der Waals surface area contributed by atoms with Crippen molar-refractivity contribution in [2.45, 2.75) is 19.6 Å². The molecule has 0 aliphatic carbocycles. The summed E-state index contributed by atoms with van der Waals surface area (Å²) >= 11 is 1.31. The van der Waals surface area contributed by atoms with Crippen LogP contribution in [0.2, 0.25) is 0 Å². The van der Waals surface area contributed by atoms with E-state index < -0.39 is 11.9 Å². The van der Waals surface area contributed by atoms with E-state index in [0.717, 1.165) is 21.8 Å². The number of hydrogen-bond donors (Lipinski definition) is 0. The lowest BCUT2D eigenvalue weighted by Gasteiger charge is -2.01. The molecule has 0 aliphatic heterocycles. The molecule has 0 amide bonds. The Morgan fingerprint density at radius 2 is 2.11 bits per heavy atom. The van der Waals surface area contributed by atoms with Crippen LogP contribution < -0.4 is 0 Å². The highest BCUT2D eigenvalue weighted by Gasteiger charge is 2.33. The van der Waals surface area contributed by atoms with Gasteiger partial charge in [0.25, 0.3) is 0 Å². The maximum Gasteiger partial charge on any atom is 0.435 e. The van der Waals surface area contributed by atoms with E-state index in [1.54, 1.807) is 12.1 Å². The number of rotatable bonds is 3. The standard InChI is InChI=1S/C11H9F3N2OS/c1-7-2-3-9(18-7)8(17)6-16-5-4-10(15-16)11(12,13)14/h2-5H,6H2,1H3. The number of aryl methyl sites for hydroxylation is 1. The van der Waals surface area contributed by atoms with Gasteiger partial charge >= 0.3 is 6.18 Å². The molecule has 96 valence electrons. The minimum Gasteiger partial charge on any atom is -0.291 e. The van der Waals surface area contributed by atoms with E-state index in [4.69, 9.17) is 0 Å². The molecule has 0 radical (unpaired) electrons. The summed E-state index contributed by atoms with van der Waals surface area (Å²) in [7, 11) is 0. The van der Waals surface area contributed by atoms with Gasteiger partial charge in [0.2, 0.25) is 0 Å². The maximum absolute atomic E-state index is 12.3. The van der Waals surface area contributed by atoms with Crippen LogP contribution >= 0.6 is 11.3 Å². The summed E-state index contributed by atoms with van der Waals surface area (Å²) < 4.78 is 37.9. The van der Waals surface area contributed by atoms with Crippen molar-refractivity contribution < 1.29 is 18.0 Å². The third-order valence-electron chi connectivity index (χ3n) is 2.25. The summed E-state index contributed by atoms with van der Waals surface area (Å²) in [5, 5.41) is 3.33. The fourth-order valence-electron chi connectivity index (χ4n) is 1.41. The summed E-state index contributed by atoms with van der Waals surface area (Å²) in [5.41, 5.74) is -0.988. The number of ketones is 1. The van der Waals surface area contributed by atoms with E-state index in [2.05, 4.69) is 5.10 Å². The van der Waals surface area contributed by atoms with E-state index in [1.807, 2.05) is 6.92 Å². The highest BCUT2D eigenvalue weighted by Crippen LogP contribution is 2.27. The Balaban J connectivity index is 2.10. The van der Waals surface area contributed by atoms with Crippen molar-refractivity contribution >= 4 is 17.1 Å². The Morgan fingerprint density at radius 1 is 1.39 bits per heavy atom. The van der Waals surface area contributed by atoms with Crippen LogP contribution in [0.15, 0.2) is 24.4 Å². The summed E-state index contributed by atoms with van der Waals surface area (Å²) in [6.45, 7) is 1.67. The molecule has 0 unspecified atom stereocenters. The highest BCUT2D eigenvalue weighted by molar-refractivity contribution is 7.14. The van der Waals surface area contributed by atoms with Crippen LogP contribution in [-0.2, 0) is 12.7 Å². The molecular weight excluding hydrogens is 265 g/mol. The molecule has 0 atom stereocenters. The van der Waals surface area contributed by atoms with Gasteiger partial charge in [-0.05, 0) is 25.1 Å². The van der Waals surface area contributed by atoms with Gasteiger partial charge in [0.15, 0.2) is 11.5 Å². The predicted octanol–water partition coefficient (Wildman–Crippen LogP) is 3.15. The zero-order valence-electron chi connectivity index (χ0n) is 9.36. The predicted molar refractivity (Wildman–Crippen MR) is 60.6 cm³/mol. The molecule has 0 bridgehead atoms. The molecule has 7 heteroatoms. The molecule has 2 heterocycles. The van der Waals surface area contributed by atoms with Gasteiger partial charge in [0.1, 0.15) is 6.54 Å². The Bertz CT molecular complexity index is 571. The second kappa shape index (κ2) is 4.56. The molecule has 0 spiro atoms. The second-order valence-corrected chi connectivity index (χ2v) is 5.02. The highest BCUT2D eigenvalue weighted by atomic mass is 32.1. The van der Waals surface area contributed by atoms with Crippen molar-refractivity contribution in [1.29, 1.82) is 0 Å². The first-order valence-corrected chi connectivity index (χ1v) is 5.88. The number of carbonyl (C=O) groups is 1. The average molecular weight is 274 g/mol. The van der Waals surface area contributed by atoms with Gasteiger partial charge in [0, 0.05) is 11.1 Å². The third-order valence-corrected chi connectivity index (χ3v) is 3.29. The monoisotopic (exact) mass is 274 g/mol. The number of hydrogen-bond acceptors (Lipinski definition) is 3. The SMILES string of the molecule is Cc1ccc(C(=O)Cn2ccc(C(F)(F)F)n2)s1. The lowest BCUT2D eigenvalue weighted by atomic mass is 10.3. The molecule has 0 aliphatic rings. The average Bonchev–Trinajstić information content (AvgIpc) is 2.85. The number of halogens is 3. The molecule has 0 saturated carbocycles. The number of carbonyl (C=O) groups excluding carboxylic acids is 1. The van der Waals surface area contributed by atoms with E-state index in [9.17, 15) is 18.0 Å². The molecule has 2 aromatic rings. The first-order valence-electron chi connectivity index (χ1n) is 5.06. The molecule has 18 heavy (non-hydrogen) atoms.